The van der Waals surface area contributed by atoms with E-state index in [2.05, 4.69) is 0 Å². The third kappa shape index (κ3) is 1.92. The number of amides is 1. The fourth-order valence-corrected chi connectivity index (χ4v) is 0.832. The van der Waals surface area contributed by atoms with Gasteiger partial charge in [-0.2, -0.15) is 0 Å². The average molecular weight is 185 g/mol. The number of benzene rings is 1. The number of hydrogen-bond donors (Lipinski definition) is 5. The smallest absolute Gasteiger partial charge is 0.409 e. The van der Waals surface area contributed by atoms with Crippen LogP contribution in [0.2, 0.25) is 0 Å². The first-order chi connectivity index (χ1) is 6.00. The van der Waals surface area contributed by atoms with Crippen LogP contribution in [0.25, 0.3) is 0 Å². The summed E-state index contributed by atoms with van der Waals surface area (Å²) in [5, 5.41) is 37.1. The van der Waals surface area contributed by atoms with Crippen molar-refractivity contribution in [1.29, 1.82) is 0 Å². The number of aromatic hydroxyl groups is 3. The summed E-state index contributed by atoms with van der Waals surface area (Å²) < 4.78 is 0. The highest BCUT2D eigenvalue weighted by Crippen LogP contribution is 2.36. The average Bonchev–Trinajstić information content (AvgIpc) is 1.96. The van der Waals surface area contributed by atoms with Crippen LogP contribution in [0.3, 0.4) is 0 Å². The van der Waals surface area contributed by atoms with Gasteiger partial charge >= 0.3 is 6.09 Å². The Hall–Kier alpha value is -2.11. The number of carboxylic acid groups (broad SMARTS) is 1. The van der Waals surface area contributed by atoms with Crippen molar-refractivity contribution in [1.82, 2.24) is 0 Å². The molecule has 0 fully saturated rings. The van der Waals surface area contributed by atoms with Crippen LogP contribution in [0, 0.1) is 0 Å². The molecule has 0 saturated heterocycles. The minimum absolute atomic E-state index is 0.356. The summed E-state index contributed by atoms with van der Waals surface area (Å²) in [4.78, 5) is 10.2. The molecule has 0 aromatic heterocycles. The summed E-state index contributed by atoms with van der Waals surface area (Å²) in [7, 11) is 0. The summed E-state index contributed by atoms with van der Waals surface area (Å²) >= 11 is 0. The Bertz CT molecular complexity index is 326. The van der Waals surface area contributed by atoms with Gasteiger partial charge in [-0.05, 0) is 0 Å². The van der Waals surface area contributed by atoms with Crippen LogP contribution in [-0.2, 0) is 0 Å². The molecular weight excluding hydrogens is 178 g/mol. The van der Waals surface area contributed by atoms with Gasteiger partial charge in [0.1, 0.15) is 22.9 Å². The van der Waals surface area contributed by atoms with Crippen LogP contribution in [-0.4, -0.2) is 26.5 Å². The summed E-state index contributed by atoms with van der Waals surface area (Å²) in [6.07, 6.45) is -1.42. The second-order valence-corrected chi connectivity index (χ2v) is 2.29. The highest BCUT2D eigenvalue weighted by atomic mass is 16.4. The summed E-state index contributed by atoms with van der Waals surface area (Å²) in [5.74, 6) is -1.44. The first-order valence-corrected chi connectivity index (χ1v) is 3.25. The zero-order valence-electron chi connectivity index (χ0n) is 6.35. The summed E-state index contributed by atoms with van der Waals surface area (Å²) in [5.41, 5.74) is -0.356. The van der Waals surface area contributed by atoms with Crippen LogP contribution in [0.5, 0.6) is 17.2 Å². The molecule has 0 radical (unpaired) electrons. The van der Waals surface area contributed by atoms with Gasteiger partial charge in [0.15, 0.2) is 0 Å². The maximum absolute atomic E-state index is 10.2. The zero-order chi connectivity index (χ0) is 10.0. The predicted octanol–water partition coefficient (Wildman–Crippen LogP) is 0.893. The van der Waals surface area contributed by atoms with Crippen molar-refractivity contribution in [3.8, 4) is 17.2 Å². The van der Waals surface area contributed by atoms with Gasteiger partial charge in [0.05, 0.1) is 0 Å². The van der Waals surface area contributed by atoms with Crippen molar-refractivity contribution in [2.45, 2.75) is 0 Å². The topological polar surface area (TPSA) is 110 Å². The molecule has 0 atom stereocenters. The van der Waals surface area contributed by atoms with Gasteiger partial charge < -0.3 is 20.4 Å². The Labute approximate surface area is 72.7 Å². The third-order valence-corrected chi connectivity index (χ3v) is 1.31. The molecular formula is C7H7NO5. The number of anilines is 1. The molecule has 0 heterocycles. The van der Waals surface area contributed by atoms with E-state index >= 15 is 0 Å². The number of carbonyl (C=O) groups is 1. The molecule has 70 valence electrons. The van der Waals surface area contributed by atoms with Crippen molar-refractivity contribution in [2.75, 3.05) is 5.32 Å². The van der Waals surface area contributed by atoms with Gasteiger partial charge in [-0.1, -0.05) is 0 Å². The quantitative estimate of drug-likeness (QED) is 0.329. The second-order valence-electron chi connectivity index (χ2n) is 2.29. The van der Waals surface area contributed by atoms with Crippen LogP contribution in [0.4, 0.5) is 10.5 Å². The number of nitrogens with one attached hydrogen (secondary N) is 1. The Kier molecular flexibility index (Phi) is 2.14. The van der Waals surface area contributed by atoms with E-state index in [1.54, 1.807) is 5.32 Å². The van der Waals surface area contributed by atoms with E-state index in [9.17, 15) is 4.79 Å². The minimum atomic E-state index is -1.42. The van der Waals surface area contributed by atoms with Gasteiger partial charge in [-0.25, -0.2) is 4.79 Å². The Morgan fingerprint density at radius 3 is 2.00 bits per heavy atom. The van der Waals surface area contributed by atoms with Crippen molar-refractivity contribution in [2.24, 2.45) is 0 Å². The van der Waals surface area contributed by atoms with E-state index in [0.29, 0.717) is 0 Å². The van der Waals surface area contributed by atoms with Crippen LogP contribution in [0.1, 0.15) is 0 Å². The molecule has 0 spiro atoms. The first-order valence-electron chi connectivity index (χ1n) is 3.25. The molecule has 1 aromatic carbocycles. The van der Waals surface area contributed by atoms with Gasteiger partial charge in [0.2, 0.25) is 0 Å². The minimum Gasteiger partial charge on any atom is -0.508 e. The van der Waals surface area contributed by atoms with E-state index < -0.39 is 17.6 Å². The molecule has 0 unspecified atom stereocenters. The standard InChI is InChI=1S/C7H7NO5/c9-3-1-4(10)6(5(11)2-3)8-7(12)13/h1-2,8-11H,(H,12,13). The maximum Gasteiger partial charge on any atom is 0.409 e. The Balaban J connectivity index is 3.13. The first kappa shape index (κ1) is 8.98. The van der Waals surface area contributed by atoms with Gasteiger partial charge in [-0.3, -0.25) is 5.32 Å². The molecule has 6 heteroatoms. The number of rotatable bonds is 1. The normalized spacial score (nSPS) is 9.54. The lowest BCUT2D eigenvalue weighted by Gasteiger charge is -2.06. The Morgan fingerprint density at radius 2 is 1.62 bits per heavy atom. The lowest BCUT2D eigenvalue weighted by Crippen LogP contribution is -2.07. The second kappa shape index (κ2) is 3.10. The van der Waals surface area contributed by atoms with E-state index in [1.165, 1.54) is 0 Å². The molecule has 0 aliphatic rings. The van der Waals surface area contributed by atoms with Gasteiger partial charge in [0.25, 0.3) is 0 Å². The fraction of sp³-hybridized carbons (Fsp3) is 0. The van der Waals surface area contributed by atoms with Crippen molar-refractivity contribution in [3.63, 3.8) is 0 Å². The molecule has 0 bridgehead atoms. The molecule has 1 amide bonds. The van der Waals surface area contributed by atoms with E-state index in [-0.39, 0.29) is 11.4 Å². The van der Waals surface area contributed by atoms with Crippen molar-refractivity contribution < 1.29 is 25.2 Å². The highest BCUT2D eigenvalue weighted by Gasteiger charge is 2.11. The lowest BCUT2D eigenvalue weighted by molar-refractivity contribution is 0.209. The summed E-state index contributed by atoms with van der Waals surface area (Å²) in [6, 6.07) is 1.82. The predicted molar refractivity (Wildman–Crippen MR) is 43.1 cm³/mol. The van der Waals surface area contributed by atoms with Crippen molar-refractivity contribution in [3.05, 3.63) is 12.1 Å². The zero-order valence-corrected chi connectivity index (χ0v) is 6.35. The molecule has 0 saturated carbocycles. The molecule has 13 heavy (non-hydrogen) atoms. The molecule has 6 nitrogen and oxygen atoms in total. The number of hydrogen-bond acceptors (Lipinski definition) is 4. The molecule has 0 aliphatic heterocycles. The summed E-state index contributed by atoms with van der Waals surface area (Å²) in [6.45, 7) is 0. The number of phenols is 3. The lowest BCUT2D eigenvalue weighted by atomic mass is 10.2. The maximum atomic E-state index is 10.2. The molecule has 1 rings (SSSR count). The van der Waals surface area contributed by atoms with Crippen LogP contribution in [0.15, 0.2) is 12.1 Å². The van der Waals surface area contributed by atoms with Crippen LogP contribution < -0.4 is 5.32 Å². The monoisotopic (exact) mass is 185 g/mol. The van der Waals surface area contributed by atoms with Crippen LogP contribution >= 0.6 is 0 Å². The Morgan fingerprint density at radius 1 is 1.15 bits per heavy atom. The van der Waals surface area contributed by atoms with E-state index in [4.69, 9.17) is 20.4 Å². The highest BCUT2D eigenvalue weighted by molar-refractivity contribution is 5.88. The fourth-order valence-electron chi connectivity index (χ4n) is 0.832. The number of phenolic OH excluding ortho intramolecular Hbond substituents is 3. The molecule has 1 aromatic rings. The van der Waals surface area contributed by atoms with E-state index in [1.807, 2.05) is 0 Å². The van der Waals surface area contributed by atoms with Gasteiger partial charge in [-0.15, -0.1) is 0 Å². The SMILES string of the molecule is O=C(O)Nc1c(O)cc(O)cc1O. The molecule has 5 N–H and O–H groups in total. The molecule has 0 aliphatic carbocycles. The third-order valence-electron chi connectivity index (χ3n) is 1.31. The van der Waals surface area contributed by atoms with Crippen molar-refractivity contribution >= 4 is 11.8 Å². The largest absolute Gasteiger partial charge is 0.508 e. The van der Waals surface area contributed by atoms with E-state index in [0.717, 1.165) is 12.1 Å². The van der Waals surface area contributed by atoms with Gasteiger partial charge in [0, 0.05) is 12.1 Å².